The van der Waals surface area contributed by atoms with E-state index in [0.717, 1.165) is 44.4 Å². The van der Waals surface area contributed by atoms with Crippen LogP contribution in [0.4, 0.5) is 0 Å². The first-order chi connectivity index (χ1) is 13.5. The van der Waals surface area contributed by atoms with Gasteiger partial charge in [-0.05, 0) is 56.8 Å². The van der Waals surface area contributed by atoms with Gasteiger partial charge in [0.05, 0.1) is 12.4 Å². The fraction of sp³-hybridized carbons (Fsp3) is 0.333. The zero-order valence-electron chi connectivity index (χ0n) is 15.0. The van der Waals surface area contributed by atoms with Crippen molar-refractivity contribution < 1.29 is 9.59 Å². The van der Waals surface area contributed by atoms with E-state index in [-0.39, 0.29) is 11.8 Å². The molecule has 0 bridgehead atoms. The molecule has 2 aromatic rings. The van der Waals surface area contributed by atoms with Gasteiger partial charge in [-0.3, -0.25) is 9.59 Å². The lowest BCUT2D eigenvalue weighted by Gasteiger charge is -2.01. The Kier molecular flexibility index (Phi) is 10.6. The highest BCUT2D eigenvalue weighted by molar-refractivity contribution is 9.10. The average molecular weight is 548 g/mol. The van der Waals surface area contributed by atoms with Gasteiger partial charge in [-0.25, -0.2) is 10.9 Å². The molecular weight excluding hydrogens is 528 g/mol. The predicted octanol–water partition coefficient (Wildman–Crippen LogP) is 5.28. The molecule has 0 saturated heterocycles. The van der Waals surface area contributed by atoms with Crippen LogP contribution in [-0.4, -0.2) is 24.2 Å². The highest BCUT2D eigenvalue weighted by Crippen LogP contribution is 2.18. The minimum Gasteiger partial charge on any atom is -0.273 e. The van der Waals surface area contributed by atoms with Crippen LogP contribution in [0.5, 0.6) is 0 Å². The maximum atomic E-state index is 11.7. The summed E-state index contributed by atoms with van der Waals surface area (Å²) in [6.45, 7) is 0. The quantitative estimate of drug-likeness (QED) is 0.228. The molecule has 10 heteroatoms. The van der Waals surface area contributed by atoms with Gasteiger partial charge in [0.25, 0.3) is 0 Å². The van der Waals surface area contributed by atoms with E-state index in [4.69, 9.17) is 0 Å². The topological polar surface area (TPSA) is 82.9 Å². The Morgan fingerprint density at radius 3 is 1.61 bits per heavy atom. The molecule has 0 saturated carbocycles. The fourth-order valence-corrected chi connectivity index (χ4v) is 4.77. The SMILES string of the molecule is O=C(CCCCCCC(=O)N/N=C\c1cc(Br)cs1)N/N=C\c1cc(Br)cs1. The van der Waals surface area contributed by atoms with Gasteiger partial charge >= 0.3 is 0 Å². The first-order valence-electron chi connectivity index (χ1n) is 8.65. The third kappa shape index (κ3) is 9.72. The van der Waals surface area contributed by atoms with Crippen LogP contribution in [0.1, 0.15) is 48.3 Å². The summed E-state index contributed by atoms with van der Waals surface area (Å²) in [6.07, 6.45) is 7.47. The monoisotopic (exact) mass is 546 g/mol. The van der Waals surface area contributed by atoms with Crippen LogP contribution in [0.25, 0.3) is 0 Å². The molecule has 0 fully saturated rings. The molecule has 2 amide bonds. The van der Waals surface area contributed by atoms with Crippen LogP contribution >= 0.6 is 54.5 Å². The molecule has 6 nitrogen and oxygen atoms in total. The molecule has 0 aliphatic carbocycles. The molecule has 0 aliphatic heterocycles. The van der Waals surface area contributed by atoms with Crippen LogP contribution in [-0.2, 0) is 9.59 Å². The van der Waals surface area contributed by atoms with E-state index >= 15 is 0 Å². The number of hydrogen-bond acceptors (Lipinski definition) is 6. The van der Waals surface area contributed by atoms with Crippen molar-refractivity contribution >= 4 is 78.8 Å². The van der Waals surface area contributed by atoms with Crippen molar-refractivity contribution in [3.8, 4) is 0 Å². The average Bonchev–Trinajstić information content (AvgIpc) is 3.26. The van der Waals surface area contributed by atoms with Gasteiger partial charge in [0.1, 0.15) is 0 Å². The largest absolute Gasteiger partial charge is 0.273 e. The molecule has 150 valence electrons. The lowest BCUT2D eigenvalue weighted by Crippen LogP contribution is -2.17. The van der Waals surface area contributed by atoms with Crippen molar-refractivity contribution in [3.05, 3.63) is 41.6 Å². The molecule has 0 aliphatic rings. The first kappa shape index (κ1) is 22.9. The van der Waals surface area contributed by atoms with E-state index in [0.29, 0.717) is 12.8 Å². The third-order valence-corrected chi connectivity index (χ3v) is 6.75. The van der Waals surface area contributed by atoms with E-state index in [1.807, 2.05) is 22.9 Å². The minimum atomic E-state index is -0.0980. The lowest BCUT2D eigenvalue weighted by molar-refractivity contribution is -0.122. The number of nitrogens with zero attached hydrogens (tertiary/aromatic N) is 2. The summed E-state index contributed by atoms with van der Waals surface area (Å²) in [5.41, 5.74) is 5.05. The molecule has 0 atom stereocenters. The number of carbonyl (C=O) groups is 2. The number of unbranched alkanes of at least 4 members (excludes halogenated alkanes) is 3. The number of hydrogen-bond donors (Lipinski definition) is 2. The zero-order chi connectivity index (χ0) is 20.2. The third-order valence-electron chi connectivity index (χ3n) is 3.50. The first-order valence-corrected chi connectivity index (χ1v) is 12.0. The second-order valence-corrected chi connectivity index (χ2v) is 9.55. The fourth-order valence-electron chi connectivity index (χ4n) is 2.16. The normalized spacial score (nSPS) is 11.4. The summed E-state index contributed by atoms with van der Waals surface area (Å²) >= 11 is 9.83. The van der Waals surface area contributed by atoms with Gasteiger partial charge in [-0.15, -0.1) is 22.7 Å². The molecule has 2 rings (SSSR count). The highest BCUT2D eigenvalue weighted by atomic mass is 79.9. The number of halogens is 2. The summed E-state index contributed by atoms with van der Waals surface area (Å²) in [4.78, 5) is 25.3. The van der Waals surface area contributed by atoms with Gasteiger partial charge in [0.2, 0.25) is 11.8 Å². The smallest absolute Gasteiger partial charge is 0.240 e. The van der Waals surface area contributed by atoms with Crippen molar-refractivity contribution in [3.63, 3.8) is 0 Å². The number of carbonyl (C=O) groups excluding carboxylic acids is 2. The summed E-state index contributed by atoms with van der Waals surface area (Å²) in [5, 5.41) is 11.8. The summed E-state index contributed by atoms with van der Waals surface area (Å²) in [6, 6.07) is 3.87. The van der Waals surface area contributed by atoms with Crippen molar-refractivity contribution in [1.29, 1.82) is 0 Å². The van der Waals surface area contributed by atoms with Crippen LogP contribution < -0.4 is 10.9 Å². The van der Waals surface area contributed by atoms with Crippen LogP contribution in [0.15, 0.2) is 42.0 Å². The van der Waals surface area contributed by atoms with E-state index in [2.05, 4.69) is 52.9 Å². The van der Waals surface area contributed by atoms with Crippen molar-refractivity contribution in [2.24, 2.45) is 10.2 Å². The van der Waals surface area contributed by atoms with Crippen LogP contribution in [0.2, 0.25) is 0 Å². The zero-order valence-corrected chi connectivity index (χ0v) is 19.8. The number of thiophene rings is 2. The van der Waals surface area contributed by atoms with Gasteiger partial charge in [0, 0.05) is 42.3 Å². The van der Waals surface area contributed by atoms with Crippen molar-refractivity contribution in [2.75, 3.05) is 0 Å². The molecule has 2 N–H and O–H groups in total. The second kappa shape index (κ2) is 13.0. The minimum absolute atomic E-state index is 0.0980. The Hall–Kier alpha value is -1.36. The lowest BCUT2D eigenvalue weighted by atomic mass is 10.1. The van der Waals surface area contributed by atoms with Crippen molar-refractivity contribution in [2.45, 2.75) is 38.5 Å². The van der Waals surface area contributed by atoms with Gasteiger partial charge in [0.15, 0.2) is 0 Å². The van der Waals surface area contributed by atoms with Crippen LogP contribution in [0, 0.1) is 0 Å². The van der Waals surface area contributed by atoms with Gasteiger partial charge < -0.3 is 0 Å². The number of amides is 2. The molecule has 2 aromatic heterocycles. The summed E-state index contributed by atoms with van der Waals surface area (Å²) in [5.74, 6) is -0.196. The molecule has 0 radical (unpaired) electrons. The Bertz CT molecular complexity index is 765. The molecule has 28 heavy (non-hydrogen) atoms. The van der Waals surface area contributed by atoms with E-state index in [9.17, 15) is 9.59 Å². The standard InChI is InChI=1S/C18H20Br2N4O2S2/c19-13-7-15(27-11-13)9-21-23-17(25)5-3-1-2-4-6-18(26)24-22-10-16-8-14(20)12-28-16/h7-12H,1-6H2,(H,23,25)(H,24,26)/b21-9-,22-10-. The summed E-state index contributed by atoms with van der Waals surface area (Å²) in [7, 11) is 0. The highest BCUT2D eigenvalue weighted by Gasteiger charge is 2.02. The Balaban J connectivity index is 1.47. The number of hydrazone groups is 2. The van der Waals surface area contributed by atoms with E-state index < -0.39 is 0 Å². The van der Waals surface area contributed by atoms with Crippen LogP contribution in [0.3, 0.4) is 0 Å². The maximum absolute atomic E-state index is 11.7. The molecule has 0 spiro atoms. The Morgan fingerprint density at radius 2 is 1.25 bits per heavy atom. The van der Waals surface area contributed by atoms with E-state index in [1.165, 1.54) is 0 Å². The Morgan fingerprint density at radius 1 is 0.821 bits per heavy atom. The predicted molar refractivity (Wildman–Crippen MR) is 123 cm³/mol. The molecule has 2 heterocycles. The maximum Gasteiger partial charge on any atom is 0.240 e. The summed E-state index contributed by atoms with van der Waals surface area (Å²) < 4.78 is 2.00. The molecular formula is C18H20Br2N4O2S2. The second-order valence-electron chi connectivity index (χ2n) is 5.84. The van der Waals surface area contributed by atoms with Crippen molar-refractivity contribution in [1.82, 2.24) is 10.9 Å². The number of nitrogens with one attached hydrogen (secondary N) is 2. The molecule has 0 aromatic carbocycles. The van der Waals surface area contributed by atoms with Gasteiger partial charge in [-0.2, -0.15) is 10.2 Å². The Labute approximate surface area is 188 Å². The van der Waals surface area contributed by atoms with E-state index in [1.54, 1.807) is 35.1 Å². The van der Waals surface area contributed by atoms with Gasteiger partial charge in [-0.1, -0.05) is 12.8 Å². The molecule has 0 unspecified atom stereocenters. The number of rotatable bonds is 11.